The van der Waals surface area contributed by atoms with Crippen LogP contribution < -0.4 is 0 Å². The average molecular weight is 312 g/mol. The Morgan fingerprint density at radius 1 is 0.900 bits per heavy atom. The van der Waals surface area contributed by atoms with Crippen LogP contribution in [0, 0.1) is 0 Å². The molecule has 1 aromatic rings. The summed E-state index contributed by atoms with van der Waals surface area (Å²) in [6.07, 6.45) is 3.18. The average Bonchev–Trinajstić information content (AvgIpc) is 2.42. The lowest BCUT2D eigenvalue weighted by atomic mass is 10.1. The molecule has 0 bridgehead atoms. The van der Waals surface area contributed by atoms with Crippen molar-refractivity contribution in [2.24, 2.45) is 8.80 Å². The molecule has 0 heterocycles. The van der Waals surface area contributed by atoms with E-state index in [0.29, 0.717) is 0 Å². The lowest BCUT2D eigenvalue weighted by Gasteiger charge is -2.00. The highest BCUT2D eigenvalue weighted by molar-refractivity contribution is 7.84. The predicted molar refractivity (Wildman–Crippen MR) is 88.2 cm³/mol. The maximum absolute atomic E-state index is 11.5. The largest absolute Gasteiger partial charge is 0.235 e. The Morgan fingerprint density at radius 2 is 1.30 bits per heavy atom. The summed E-state index contributed by atoms with van der Waals surface area (Å²) in [7, 11) is -2.42. The summed E-state index contributed by atoms with van der Waals surface area (Å²) in [5.41, 5.74) is 1.69. The summed E-state index contributed by atoms with van der Waals surface area (Å²) >= 11 is 0. The quantitative estimate of drug-likeness (QED) is 0.758. The SMILES string of the molecule is CC(C)[S@](=O)/N=C/c1cccc(/C=N/[S@@](=O)C(C)C)c1. The van der Waals surface area contributed by atoms with Crippen molar-refractivity contribution < 1.29 is 8.42 Å². The third-order valence-electron chi connectivity index (χ3n) is 2.33. The van der Waals surface area contributed by atoms with Gasteiger partial charge in [-0.15, -0.1) is 0 Å². The maximum atomic E-state index is 11.5. The molecule has 0 saturated carbocycles. The summed E-state index contributed by atoms with van der Waals surface area (Å²) in [4.78, 5) is 0. The van der Waals surface area contributed by atoms with Crippen LogP contribution in [0.4, 0.5) is 0 Å². The Balaban J connectivity index is 2.81. The molecule has 0 unspecified atom stereocenters. The number of hydrogen-bond acceptors (Lipinski definition) is 2. The van der Waals surface area contributed by atoms with E-state index in [1.807, 2.05) is 52.0 Å². The molecule has 0 N–H and O–H groups in total. The van der Waals surface area contributed by atoms with Gasteiger partial charge in [-0.2, -0.15) is 8.80 Å². The molecule has 110 valence electrons. The van der Waals surface area contributed by atoms with Gasteiger partial charge in [0.15, 0.2) is 0 Å². The Labute approximate surface area is 125 Å². The highest BCUT2D eigenvalue weighted by atomic mass is 32.2. The van der Waals surface area contributed by atoms with Crippen LogP contribution in [-0.4, -0.2) is 31.3 Å². The molecule has 0 spiro atoms. The molecule has 0 aliphatic carbocycles. The molecule has 1 aromatic carbocycles. The van der Waals surface area contributed by atoms with Gasteiger partial charge in [0.1, 0.15) is 22.0 Å². The predicted octanol–water partition coefficient (Wildman–Crippen LogP) is 2.67. The number of nitrogens with zero attached hydrogens (tertiary/aromatic N) is 2. The summed E-state index contributed by atoms with van der Waals surface area (Å²) in [6.45, 7) is 7.44. The minimum Gasteiger partial charge on any atom is -0.235 e. The maximum Gasteiger partial charge on any atom is 0.141 e. The Kier molecular flexibility index (Phi) is 6.95. The molecular formula is C14H20N2O2S2. The molecule has 0 fully saturated rings. The standard InChI is InChI=1S/C14H20N2O2S2/c1-11(2)19(17)15-9-13-6-5-7-14(8-13)10-16-20(18)12(3)4/h5-12H,1-4H3/b15-9+,16-10+/t19-,20-/m0/s1. The van der Waals surface area contributed by atoms with Gasteiger partial charge in [-0.3, -0.25) is 0 Å². The van der Waals surface area contributed by atoms with Crippen molar-refractivity contribution in [1.82, 2.24) is 0 Å². The Hall–Kier alpha value is -1.14. The van der Waals surface area contributed by atoms with E-state index >= 15 is 0 Å². The van der Waals surface area contributed by atoms with Crippen molar-refractivity contribution >= 4 is 34.4 Å². The van der Waals surface area contributed by atoms with E-state index in [2.05, 4.69) is 8.80 Å². The number of benzene rings is 1. The lowest BCUT2D eigenvalue weighted by Crippen LogP contribution is -2.02. The van der Waals surface area contributed by atoms with Gasteiger partial charge in [0.2, 0.25) is 0 Å². The van der Waals surface area contributed by atoms with Gasteiger partial charge in [0.25, 0.3) is 0 Å². The molecule has 20 heavy (non-hydrogen) atoms. The normalized spacial score (nSPS) is 15.5. The zero-order valence-electron chi connectivity index (χ0n) is 12.1. The highest BCUT2D eigenvalue weighted by Crippen LogP contribution is 2.04. The zero-order chi connectivity index (χ0) is 15.1. The van der Waals surface area contributed by atoms with Crippen molar-refractivity contribution in [2.75, 3.05) is 0 Å². The van der Waals surface area contributed by atoms with Crippen molar-refractivity contribution in [2.45, 2.75) is 38.2 Å². The van der Waals surface area contributed by atoms with E-state index in [1.54, 1.807) is 12.4 Å². The van der Waals surface area contributed by atoms with Crippen molar-refractivity contribution in [1.29, 1.82) is 0 Å². The number of hydrogen-bond donors (Lipinski definition) is 0. The summed E-state index contributed by atoms with van der Waals surface area (Å²) in [5.74, 6) is 0. The van der Waals surface area contributed by atoms with E-state index < -0.39 is 22.0 Å². The van der Waals surface area contributed by atoms with Crippen LogP contribution in [0.25, 0.3) is 0 Å². The molecule has 0 saturated heterocycles. The fourth-order valence-corrected chi connectivity index (χ4v) is 2.13. The molecule has 6 heteroatoms. The first-order chi connectivity index (χ1) is 9.40. The molecule has 0 aromatic heterocycles. The highest BCUT2D eigenvalue weighted by Gasteiger charge is 2.02. The Bertz CT molecular complexity index is 507. The van der Waals surface area contributed by atoms with Crippen molar-refractivity contribution in [3.63, 3.8) is 0 Å². The topological polar surface area (TPSA) is 58.9 Å². The van der Waals surface area contributed by atoms with Gasteiger partial charge in [0.05, 0.1) is 10.5 Å². The summed E-state index contributed by atoms with van der Waals surface area (Å²) in [6, 6.07) is 7.47. The second-order valence-electron chi connectivity index (χ2n) is 4.79. The lowest BCUT2D eigenvalue weighted by molar-refractivity contribution is 0.677. The molecular weight excluding hydrogens is 292 g/mol. The van der Waals surface area contributed by atoms with Crippen molar-refractivity contribution in [3.8, 4) is 0 Å². The second-order valence-corrected chi connectivity index (χ2v) is 8.20. The fourth-order valence-electron chi connectivity index (χ4n) is 1.19. The first kappa shape index (κ1) is 16.9. The molecule has 0 radical (unpaired) electrons. The smallest absolute Gasteiger partial charge is 0.141 e. The third kappa shape index (κ3) is 5.88. The zero-order valence-corrected chi connectivity index (χ0v) is 13.8. The van der Waals surface area contributed by atoms with E-state index in [9.17, 15) is 8.42 Å². The van der Waals surface area contributed by atoms with Crippen molar-refractivity contribution in [3.05, 3.63) is 35.4 Å². The molecule has 0 aliphatic heterocycles. The number of rotatable bonds is 6. The van der Waals surface area contributed by atoms with Gasteiger partial charge in [0, 0.05) is 12.4 Å². The van der Waals surface area contributed by atoms with Gasteiger partial charge in [-0.25, -0.2) is 8.42 Å². The van der Waals surface area contributed by atoms with Crippen LogP contribution in [0.1, 0.15) is 38.8 Å². The summed E-state index contributed by atoms with van der Waals surface area (Å²) in [5, 5.41) is 0.00826. The van der Waals surface area contributed by atoms with E-state index in [1.165, 1.54) is 0 Å². The molecule has 2 atom stereocenters. The molecule has 4 nitrogen and oxygen atoms in total. The minimum absolute atomic E-state index is 0.00413. The van der Waals surface area contributed by atoms with Crippen LogP contribution in [0.15, 0.2) is 33.1 Å². The molecule has 0 amide bonds. The van der Waals surface area contributed by atoms with E-state index in [4.69, 9.17) is 0 Å². The minimum atomic E-state index is -1.21. The van der Waals surface area contributed by atoms with Crippen LogP contribution in [0.2, 0.25) is 0 Å². The van der Waals surface area contributed by atoms with Gasteiger partial charge in [-0.1, -0.05) is 18.2 Å². The van der Waals surface area contributed by atoms with E-state index in [0.717, 1.165) is 11.1 Å². The van der Waals surface area contributed by atoms with Gasteiger partial charge >= 0.3 is 0 Å². The third-order valence-corrected chi connectivity index (χ3v) is 4.57. The second kappa shape index (κ2) is 8.21. The summed E-state index contributed by atoms with van der Waals surface area (Å²) < 4.78 is 31.1. The van der Waals surface area contributed by atoms with Gasteiger partial charge in [-0.05, 0) is 44.9 Å². The van der Waals surface area contributed by atoms with Crippen LogP contribution in [0.3, 0.4) is 0 Å². The van der Waals surface area contributed by atoms with Crippen LogP contribution in [0.5, 0.6) is 0 Å². The first-order valence-corrected chi connectivity index (χ1v) is 8.73. The Morgan fingerprint density at radius 3 is 1.65 bits per heavy atom. The molecule has 0 aliphatic rings. The van der Waals surface area contributed by atoms with E-state index in [-0.39, 0.29) is 10.5 Å². The van der Waals surface area contributed by atoms with Gasteiger partial charge < -0.3 is 0 Å². The fraction of sp³-hybridized carbons (Fsp3) is 0.429. The van der Waals surface area contributed by atoms with Crippen LogP contribution >= 0.6 is 0 Å². The van der Waals surface area contributed by atoms with Crippen LogP contribution in [-0.2, 0) is 22.0 Å². The monoisotopic (exact) mass is 312 g/mol. The first-order valence-electron chi connectivity index (χ1n) is 6.39. The molecule has 1 rings (SSSR count).